The molecule has 1 aliphatic heterocycles. The number of fused-ring (bicyclic) bond motifs is 1. The number of aliphatic imine (C=N–C) groups is 1. The van der Waals surface area contributed by atoms with Gasteiger partial charge in [-0.05, 0) is 44.5 Å². The van der Waals surface area contributed by atoms with Crippen LogP contribution in [0.25, 0.3) is 0 Å². The van der Waals surface area contributed by atoms with Gasteiger partial charge in [-0.1, -0.05) is 13.0 Å². The molecule has 0 unspecified atom stereocenters. The van der Waals surface area contributed by atoms with Crippen LogP contribution in [-0.4, -0.2) is 56.9 Å². The molecule has 24 heavy (non-hydrogen) atoms. The highest BCUT2D eigenvalue weighted by Gasteiger charge is 2.13. The predicted molar refractivity (Wildman–Crippen MR) is 98.0 cm³/mol. The third-order valence-corrected chi connectivity index (χ3v) is 4.19. The van der Waals surface area contributed by atoms with Gasteiger partial charge < -0.3 is 20.1 Å². The van der Waals surface area contributed by atoms with Crippen molar-refractivity contribution < 1.29 is 9.47 Å². The van der Waals surface area contributed by atoms with Gasteiger partial charge in [0.15, 0.2) is 17.5 Å². The quantitative estimate of drug-likeness (QED) is 0.561. The molecule has 0 aromatic heterocycles. The Hall–Kier alpha value is -1.95. The molecule has 0 saturated carbocycles. The molecule has 6 heteroatoms. The van der Waals surface area contributed by atoms with Gasteiger partial charge >= 0.3 is 0 Å². The lowest BCUT2D eigenvalue weighted by Crippen LogP contribution is -2.43. The zero-order valence-corrected chi connectivity index (χ0v) is 15.3. The summed E-state index contributed by atoms with van der Waals surface area (Å²) in [7, 11) is 1.80. The third kappa shape index (κ3) is 5.30. The largest absolute Gasteiger partial charge is 0.454 e. The van der Waals surface area contributed by atoms with E-state index in [4.69, 9.17) is 9.47 Å². The van der Waals surface area contributed by atoms with E-state index in [0.29, 0.717) is 12.8 Å². The summed E-state index contributed by atoms with van der Waals surface area (Å²) in [5, 5.41) is 6.72. The molecule has 0 aliphatic carbocycles. The molecule has 2 rings (SSSR count). The Bertz CT molecular complexity index is 546. The van der Waals surface area contributed by atoms with Crippen LogP contribution < -0.4 is 20.1 Å². The van der Waals surface area contributed by atoms with Gasteiger partial charge in [-0.3, -0.25) is 9.89 Å². The summed E-state index contributed by atoms with van der Waals surface area (Å²) >= 11 is 0. The average molecular weight is 334 g/mol. The normalized spacial score (nSPS) is 13.7. The van der Waals surface area contributed by atoms with E-state index in [0.717, 1.165) is 50.1 Å². The van der Waals surface area contributed by atoms with Gasteiger partial charge in [-0.2, -0.15) is 0 Å². The Morgan fingerprint density at radius 1 is 1.21 bits per heavy atom. The fraction of sp³-hybridized carbons (Fsp3) is 0.611. The Balaban J connectivity index is 1.70. The molecular weight excluding hydrogens is 304 g/mol. The van der Waals surface area contributed by atoms with Crippen LogP contribution in [0.2, 0.25) is 0 Å². The summed E-state index contributed by atoms with van der Waals surface area (Å²) in [6.45, 7) is 10.7. The lowest BCUT2D eigenvalue weighted by atomic mass is 10.1. The number of nitrogens with one attached hydrogen (secondary N) is 2. The summed E-state index contributed by atoms with van der Waals surface area (Å²) in [6.07, 6.45) is 0.907. The summed E-state index contributed by atoms with van der Waals surface area (Å²) in [5.74, 6) is 2.51. The molecule has 0 atom stereocenters. The maximum atomic E-state index is 5.41. The van der Waals surface area contributed by atoms with Crippen molar-refractivity contribution in [2.75, 3.05) is 40.0 Å². The van der Waals surface area contributed by atoms with Crippen LogP contribution in [-0.2, 0) is 6.42 Å². The second-order valence-corrected chi connectivity index (χ2v) is 6.09. The summed E-state index contributed by atoms with van der Waals surface area (Å²) < 4.78 is 10.7. The number of hydrogen-bond acceptors (Lipinski definition) is 4. The maximum Gasteiger partial charge on any atom is 0.231 e. The lowest BCUT2D eigenvalue weighted by Gasteiger charge is -2.25. The SMILES string of the molecule is CCN(CCNC(=NC)NCCc1ccc2c(c1)OCO2)C(C)C. The van der Waals surface area contributed by atoms with Crippen LogP contribution >= 0.6 is 0 Å². The Morgan fingerprint density at radius 3 is 2.67 bits per heavy atom. The van der Waals surface area contributed by atoms with Crippen molar-refractivity contribution in [2.45, 2.75) is 33.2 Å². The van der Waals surface area contributed by atoms with Gasteiger partial charge in [-0.15, -0.1) is 0 Å². The molecule has 134 valence electrons. The summed E-state index contributed by atoms with van der Waals surface area (Å²) in [5.41, 5.74) is 1.22. The second-order valence-electron chi connectivity index (χ2n) is 6.09. The first-order valence-electron chi connectivity index (χ1n) is 8.71. The molecule has 0 saturated heterocycles. The molecule has 0 spiro atoms. The highest BCUT2D eigenvalue weighted by Crippen LogP contribution is 2.32. The summed E-state index contributed by atoms with van der Waals surface area (Å²) in [4.78, 5) is 6.70. The first kappa shape index (κ1) is 18.4. The van der Waals surface area contributed by atoms with Crippen molar-refractivity contribution in [1.29, 1.82) is 0 Å². The average Bonchev–Trinajstić information content (AvgIpc) is 3.04. The zero-order chi connectivity index (χ0) is 17.4. The number of likely N-dealkylation sites (N-methyl/N-ethyl adjacent to an activating group) is 1. The van der Waals surface area contributed by atoms with Gasteiger partial charge in [0.25, 0.3) is 0 Å². The molecule has 1 heterocycles. The molecule has 0 fully saturated rings. The predicted octanol–water partition coefficient (Wildman–Crippen LogP) is 1.85. The molecule has 0 radical (unpaired) electrons. The van der Waals surface area contributed by atoms with Crippen LogP contribution in [0.15, 0.2) is 23.2 Å². The van der Waals surface area contributed by atoms with Gasteiger partial charge in [0.1, 0.15) is 0 Å². The minimum atomic E-state index is 0.318. The van der Waals surface area contributed by atoms with Gasteiger partial charge in [-0.25, -0.2) is 0 Å². The van der Waals surface area contributed by atoms with Crippen LogP contribution in [0.3, 0.4) is 0 Å². The summed E-state index contributed by atoms with van der Waals surface area (Å²) in [6, 6.07) is 6.66. The number of nitrogens with zero attached hydrogens (tertiary/aromatic N) is 2. The van der Waals surface area contributed by atoms with Crippen molar-refractivity contribution >= 4 is 5.96 Å². The van der Waals surface area contributed by atoms with Gasteiger partial charge in [0, 0.05) is 32.7 Å². The lowest BCUT2D eigenvalue weighted by molar-refractivity contribution is 0.174. The molecular formula is C18H30N4O2. The Kier molecular flexibility index (Phi) is 7.18. The van der Waals surface area contributed by atoms with Crippen molar-refractivity contribution in [3.63, 3.8) is 0 Å². The van der Waals surface area contributed by atoms with Crippen LogP contribution in [0.4, 0.5) is 0 Å². The standard InChI is InChI=1S/C18H30N4O2/c1-5-22(14(2)3)11-10-21-18(19-4)20-9-8-15-6-7-16-17(12-15)24-13-23-16/h6-7,12,14H,5,8-11,13H2,1-4H3,(H2,19,20,21). The Morgan fingerprint density at radius 2 is 1.96 bits per heavy atom. The number of rotatable bonds is 8. The zero-order valence-electron chi connectivity index (χ0n) is 15.3. The fourth-order valence-electron chi connectivity index (χ4n) is 2.74. The number of benzene rings is 1. The first-order valence-corrected chi connectivity index (χ1v) is 8.71. The van der Waals surface area contributed by atoms with Crippen LogP contribution in [0, 0.1) is 0 Å². The van der Waals surface area contributed by atoms with Crippen molar-refractivity contribution in [2.24, 2.45) is 4.99 Å². The Labute approximate surface area is 145 Å². The third-order valence-electron chi connectivity index (χ3n) is 4.19. The van der Waals surface area contributed by atoms with E-state index in [1.165, 1.54) is 5.56 Å². The number of hydrogen-bond donors (Lipinski definition) is 2. The van der Waals surface area contributed by atoms with Crippen molar-refractivity contribution in [1.82, 2.24) is 15.5 Å². The van der Waals surface area contributed by atoms with E-state index >= 15 is 0 Å². The minimum Gasteiger partial charge on any atom is -0.454 e. The van der Waals surface area contributed by atoms with E-state index in [-0.39, 0.29) is 0 Å². The second kappa shape index (κ2) is 9.37. The van der Waals surface area contributed by atoms with E-state index in [9.17, 15) is 0 Å². The van der Waals surface area contributed by atoms with Gasteiger partial charge in [0.2, 0.25) is 6.79 Å². The van der Waals surface area contributed by atoms with E-state index in [1.807, 2.05) is 12.1 Å². The first-order chi connectivity index (χ1) is 11.6. The molecule has 2 N–H and O–H groups in total. The topological polar surface area (TPSA) is 58.1 Å². The molecule has 1 aliphatic rings. The minimum absolute atomic E-state index is 0.318. The molecule has 1 aromatic rings. The van der Waals surface area contributed by atoms with Crippen LogP contribution in [0.5, 0.6) is 11.5 Å². The smallest absolute Gasteiger partial charge is 0.231 e. The highest BCUT2D eigenvalue weighted by atomic mass is 16.7. The molecule has 0 amide bonds. The van der Waals surface area contributed by atoms with E-state index < -0.39 is 0 Å². The van der Waals surface area contributed by atoms with Crippen molar-refractivity contribution in [3.05, 3.63) is 23.8 Å². The fourth-order valence-corrected chi connectivity index (χ4v) is 2.74. The number of guanidine groups is 1. The molecule has 0 bridgehead atoms. The van der Waals surface area contributed by atoms with Gasteiger partial charge in [0.05, 0.1) is 0 Å². The number of ether oxygens (including phenoxy) is 2. The monoisotopic (exact) mass is 334 g/mol. The molecule has 6 nitrogen and oxygen atoms in total. The van der Waals surface area contributed by atoms with E-state index in [1.54, 1.807) is 7.05 Å². The highest BCUT2D eigenvalue weighted by molar-refractivity contribution is 5.79. The van der Waals surface area contributed by atoms with Crippen molar-refractivity contribution in [3.8, 4) is 11.5 Å². The maximum absolute atomic E-state index is 5.41. The van der Waals surface area contributed by atoms with Crippen LogP contribution in [0.1, 0.15) is 26.3 Å². The van der Waals surface area contributed by atoms with E-state index in [2.05, 4.69) is 47.4 Å². The molecule has 1 aromatic carbocycles.